The van der Waals surface area contributed by atoms with Gasteiger partial charge in [0.2, 0.25) is 0 Å². The molecule has 0 heterocycles. The second-order valence-corrected chi connectivity index (χ2v) is 5.41. The van der Waals surface area contributed by atoms with Gasteiger partial charge in [0, 0.05) is 6.04 Å². The summed E-state index contributed by atoms with van der Waals surface area (Å²) in [6.45, 7) is 4.83. The van der Waals surface area contributed by atoms with Crippen LogP contribution in [0.2, 0.25) is 0 Å². The Morgan fingerprint density at radius 2 is 1.82 bits per heavy atom. The van der Waals surface area contributed by atoms with Crippen LogP contribution in [0.4, 0.5) is 0 Å². The molecular formula is C10H17N. The average Bonchev–Trinajstić information content (AvgIpc) is 2.65. The Bertz CT molecular complexity index is 209. The number of rotatable bonds is 0. The summed E-state index contributed by atoms with van der Waals surface area (Å²) < 4.78 is 0. The normalized spacial score (nSPS) is 63.0. The Labute approximate surface area is 68.3 Å². The molecule has 62 valence electrons. The van der Waals surface area contributed by atoms with Gasteiger partial charge in [-0.05, 0) is 41.9 Å². The highest BCUT2D eigenvalue weighted by molar-refractivity contribution is 5.17. The van der Waals surface area contributed by atoms with E-state index >= 15 is 0 Å². The monoisotopic (exact) mass is 151 g/mol. The molecule has 1 heteroatoms. The molecule has 0 aromatic carbocycles. The lowest BCUT2D eigenvalue weighted by Crippen LogP contribution is -2.58. The van der Waals surface area contributed by atoms with E-state index in [1.165, 1.54) is 12.8 Å². The first-order chi connectivity index (χ1) is 5.12. The van der Waals surface area contributed by atoms with Gasteiger partial charge >= 0.3 is 0 Å². The molecule has 0 aromatic rings. The third kappa shape index (κ3) is 0.547. The molecule has 4 aliphatic rings. The molecule has 0 radical (unpaired) electrons. The lowest BCUT2D eigenvalue weighted by atomic mass is 9.47. The minimum absolute atomic E-state index is 0.556. The van der Waals surface area contributed by atoms with E-state index in [2.05, 4.69) is 13.8 Å². The summed E-state index contributed by atoms with van der Waals surface area (Å²) in [6.07, 6.45) is 2.89. The fourth-order valence-electron chi connectivity index (χ4n) is 3.81. The van der Waals surface area contributed by atoms with Crippen molar-refractivity contribution in [2.75, 3.05) is 0 Å². The van der Waals surface area contributed by atoms with Gasteiger partial charge in [0.25, 0.3) is 0 Å². The van der Waals surface area contributed by atoms with Crippen molar-refractivity contribution in [3.63, 3.8) is 0 Å². The van der Waals surface area contributed by atoms with E-state index in [1.54, 1.807) is 0 Å². The van der Waals surface area contributed by atoms with Crippen molar-refractivity contribution in [3.05, 3.63) is 0 Å². The van der Waals surface area contributed by atoms with Crippen molar-refractivity contribution in [1.29, 1.82) is 0 Å². The van der Waals surface area contributed by atoms with Gasteiger partial charge in [-0.3, -0.25) is 0 Å². The minimum Gasteiger partial charge on any atom is -0.327 e. The molecule has 4 saturated carbocycles. The summed E-state index contributed by atoms with van der Waals surface area (Å²) in [6, 6.07) is 0.556. The zero-order chi connectivity index (χ0) is 7.80. The van der Waals surface area contributed by atoms with Crippen LogP contribution < -0.4 is 5.73 Å². The Balaban J connectivity index is 1.96. The van der Waals surface area contributed by atoms with Crippen LogP contribution in [0.25, 0.3) is 0 Å². The van der Waals surface area contributed by atoms with Crippen molar-refractivity contribution < 1.29 is 0 Å². The topological polar surface area (TPSA) is 26.0 Å². The predicted molar refractivity (Wildman–Crippen MR) is 45.0 cm³/mol. The van der Waals surface area contributed by atoms with Gasteiger partial charge in [-0.1, -0.05) is 13.8 Å². The molecule has 0 aliphatic heterocycles. The standard InChI is InChI=1S/C10H17N/c1-10(2)7-4-8(10)9(11)6-3-5(6)7/h5-9H,3-4,11H2,1-2H3/t5?,6?,7-,8+,9?/m1/s1. The highest BCUT2D eigenvalue weighted by atomic mass is 14.8. The van der Waals surface area contributed by atoms with Gasteiger partial charge in [0.05, 0.1) is 0 Å². The molecule has 11 heavy (non-hydrogen) atoms. The lowest BCUT2D eigenvalue weighted by Gasteiger charge is -2.59. The maximum absolute atomic E-state index is 6.18. The van der Waals surface area contributed by atoms with Crippen LogP contribution in [0.5, 0.6) is 0 Å². The van der Waals surface area contributed by atoms with E-state index in [9.17, 15) is 0 Å². The van der Waals surface area contributed by atoms with Gasteiger partial charge in [-0.25, -0.2) is 0 Å². The van der Waals surface area contributed by atoms with Gasteiger partial charge in [0.15, 0.2) is 0 Å². The van der Waals surface area contributed by atoms with Crippen LogP contribution >= 0.6 is 0 Å². The summed E-state index contributed by atoms with van der Waals surface area (Å²) >= 11 is 0. The Hall–Kier alpha value is -0.0400. The predicted octanol–water partition coefficient (Wildman–Crippen LogP) is 1.63. The van der Waals surface area contributed by atoms with Gasteiger partial charge in [-0.15, -0.1) is 0 Å². The first-order valence-electron chi connectivity index (χ1n) is 4.88. The molecule has 3 unspecified atom stereocenters. The van der Waals surface area contributed by atoms with E-state index in [0.717, 1.165) is 23.7 Å². The van der Waals surface area contributed by atoms with Gasteiger partial charge < -0.3 is 5.73 Å². The van der Waals surface area contributed by atoms with Crippen LogP contribution in [0.3, 0.4) is 0 Å². The molecule has 1 nitrogen and oxygen atoms in total. The summed E-state index contributed by atoms with van der Waals surface area (Å²) in [5.74, 6) is 3.87. The van der Waals surface area contributed by atoms with Crippen LogP contribution in [0.15, 0.2) is 0 Å². The number of hydrogen-bond donors (Lipinski definition) is 1. The average molecular weight is 151 g/mol. The molecule has 0 aromatic heterocycles. The van der Waals surface area contributed by atoms with E-state index in [0.29, 0.717) is 11.5 Å². The minimum atomic E-state index is 0.556. The van der Waals surface area contributed by atoms with E-state index in [-0.39, 0.29) is 0 Å². The van der Waals surface area contributed by atoms with E-state index < -0.39 is 0 Å². The van der Waals surface area contributed by atoms with Crippen LogP contribution in [-0.4, -0.2) is 6.04 Å². The van der Waals surface area contributed by atoms with E-state index in [1.807, 2.05) is 0 Å². The molecule has 0 amide bonds. The van der Waals surface area contributed by atoms with Crippen LogP contribution in [0, 0.1) is 29.1 Å². The number of hydrogen-bond acceptors (Lipinski definition) is 1. The second kappa shape index (κ2) is 1.52. The Morgan fingerprint density at radius 1 is 1.09 bits per heavy atom. The SMILES string of the molecule is CC1(C)[C@@H]2C[C@H]1C(N)C1CC12. The first kappa shape index (κ1) is 6.47. The molecule has 2 bridgehead atoms. The van der Waals surface area contributed by atoms with Crippen molar-refractivity contribution in [3.8, 4) is 0 Å². The number of nitrogens with two attached hydrogens (primary N) is 1. The fraction of sp³-hybridized carbons (Fsp3) is 1.00. The quantitative estimate of drug-likeness (QED) is 0.559. The maximum Gasteiger partial charge on any atom is 0.0104 e. The van der Waals surface area contributed by atoms with Crippen molar-refractivity contribution in [2.24, 2.45) is 34.8 Å². The molecule has 0 spiro atoms. The molecular weight excluding hydrogens is 134 g/mol. The Morgan fingerprint density at radius 3 is 2.36 bits per heavy atom. The third-order valence-electron chi connectivity index (χ3n) is 4.79. The lowest BCUT2D eigenvalue weighted by molar-refractivity contribution is -0.0860. The zero-order valence-electron chi connectivity index (χ0n) is 7.38. The molecule has 4 aliphatic carbocycles. The van der Waals surface area contributed by atoms with Crippen molar-refractivity contribution >= 4 is 0 Å². The zero-order valence-corrected chi connectivity index (χ0v) is 7.38. The van der Waals surface area contributed by atoms with Gasteiger partial charge in [0.1, 0.15) is 0 Å². The smallest absolute Gasteiger partial charge is 0.0104 e. The summed E-state index contributed by atoms with van der Waals surface area (Å²) in [4.78, 5) is 0. The second-order valence-electron chi connectivity index (χ2n) is 5.41. The first-order valence-corrected chi connectivity index (χ1v) is 4.88. The highest BCUT2D eigenvalue weighted by Gasteiger charge is 2.67. The van der Waals surface area contributed by atoms with Crippen molar-refractivity contribution in [2.45, 2.75) is 32.7 Å². The van der Waals surface area contributed by atoms with Crippen molar-refractivity contribution in [1.82, 2.24) is 0 Å². The van der Waals surface area contributed by atoms with Crippen LogP contribution in [0.1, 0.15) is 26.7 Å². The maximum atomic E-state index is 6.18. The fourth-order valence-corrected chi connectivity index (χ4v) is 3.81. The summed E-state index contributed by atoms with van der Waals surface area (Å²) in [7, 11) is 0. The van der Waals surface area contributed by atoms with Crippen LogP contribution in [-0.2, 0) is 0 Å². The highest BCUT2D eigenvalue weighted by Crippen LogP contribution is 2.70. The molecule has 0 saturated heterocycles. The Kier molecular flexibility index (Phi) is 0.893. The molecule has 5 atom stereocenters. The summed E-state index contributed by atoms with van der Waals surface area (Å²) in [5.41, 5.74) is 6.77. The summed E-state index contributed by atoms with van der Waals surface area (Å²) in [5, 5.41) is 0. The van der Waals surface area contributed by atoms with E-state index in [4.69, 9.17) is 5.73 Å². The molecule has 4 fully saturated rings. The molecule has 4 rings (SSSR count). The molecule has 2 N–H and O–H groups in total. The van der Waals surface area contributed by atoms with Gasteiger partial charge in [-0.2, -0.15) is 0 Å². The third-order valence-corrected chi connectivity index (χ3v) is 4.79. The largest absolute Gasteiger partial charge is 0.327 e.